The van der Waals surface area contributed by atoms with Crippen LogP contribution in [0.4, 0.5) is 0 Å². The molecular weight excluding hydrogens is 340 g/mol. The molecule has 0 spiro atoms. The van der Waals surface area contributed by atoms with Crippen molar-refractivity contribution in [3.63, 3.8) is 0 Å². The number of nitrogens with zero attached hydrogens (tertiary/aromatic N) is 2. The minimum absolute atomic E-state index is 0.101. The number of hydrogen-bond acceptors (Lipinski definition) is 4. The first kappa shape index (κ1) is 18.0. The second kappa shape index (κ2) is 6.32. The van der Waals surface area contributed by atoms with Gasteiger partial charge in [0.1, 0.15) is 5.69 Å². The summed E-state index contributed by atoms with van der Waals surface area (Å²) in [7, 11) is 0. The first-order valence-electron chi connectivity index (χ1n) is 9.57. The molecule has 2 bridgehead atoms. The van der Waals surface area contributed by atoms with Gasteiger partial charge in [-0.15, -0.1) is 0 Å². The Hall–Kier alpha value is -2.43. The first-order chi connectivity index (χ1) is 12.7. The number of aromatic nitrogens is 1. The van der Waals surface area contributed by atoms with Crippen LogP contribution in [0, 0.1) is 10.8 Å². The lowest BCUT2D eigenvalue weighted by Gasteiger charge is -2.39. The number of carbonyl (C=O) groups is 2. The molecule has 1 aromatic heterocycles. The van der Waals surface area contributed by atoms with Crippen molar-refractivity contribution in [1.82, 2.24) is 9.88 Å². The van der Waals surface area contributed by atoms with E-state index in [0.717, 1.165) is 36.7 Å². The molecule has 142 valence electrons. The van der Waals surface area contributed by atoms with E-state index in [4.69, 9.17) is 4.74 Å². The summed E-state index contributed by atoms with van der Waals surface area (Å²) >= 11 is 0. The Kier molecular flexibility index (Phi) is 4.21. The SMILES string of the molecule is CC1(C)C[C@H]2C[C@@](C)(CN2C(=O)COC(=O)c2ccc3ccccc3n2)C1. The second-order valence-corrected chi connectivity index (χ2v) is 9.20. The molecule has 1 saturated carbocycles. The van der Waals surface area contributed by atoms with Crippen LogP contribution >= 0.6 is 0 Å². The van der Waals surface area contributed by atoms with E-state index < -0.39 is 5.97 Å². The Morgan fingerprint density at radius 2 is 1.93 bits per heavy atom. The molecule has 2 atom stereocenters. The summed E-state index contributed by atoms with van der Waals surface area (Å²) in [5.74, 6) is -0.654. The fourth-order valence-electron chi connectivity index (χ4n) is 5.22. The molecule has 27 heavy (non-hydrogen) atoms. The summed E-state index contributed by atoms with van der Waals surface area (Å²) in [5.41, 5.74) is 1.39. The van der Waals surface area contributed by atoms with Gasteiger partial charge in [0.25, 0.3) is 5.91 Å². The molecule has 0 radical (unpaired) electrons. The number of para-hydroxylation sites is 1. The van der Waals surface area contributed by atoms with Crippen LogP contribution < -0.4 is 0 Å². The number of benzene rings is 1. The summed E-state index contributed by atoms with van der Waals surface area (Å²) in [5, 5.41) is 0.963. The van der Waals surface area contributed by atoms with Gasteiger partial charge in [0.2, 0.25) is 0 Å². The summed E-state index contributed by atoms with van der Waals surface area (Å²) in [4.78, 5) is 31.3. The minimum atomic E-state index is -0.553. The maximum absolute atomic E-state index is 12.7. The molecule has 1 amide bonds. The van der Waals surface area contributed by atoms with E-state index in [9.17, 15) is 9.59 Å². The van der Waals surface area contributed by atoms with Crippen molar-refractivity contribution in [3.05, 3.63) is 42.1 Å². The second-order valence-electron chi connectivity index (χ2n) is 9.20. The molecule has 5 nitrogen and oxygen atoms in total. The van der Waals surface area contributed by atoms with Crippen LogP contribution in [0.25, 0.3) is 10.9 Å². The number of pyridine rings is 1. The zero-order valence-corrected chi connectivity index (χ0v) is 16.2. The van der Waals surface area contributed by atoms with Crippen LogP contribution in [0.2, 0.25) is 0 Å². The molecule has 1 aliphatic carbocycles. The van der Waals surface area contributed by atoms with E-state index in [1.54, 1.807) is 6.07 Å². The smallest absolute Gasteiger partial charge is 0.357 e. The van der Waals surface area contributed by atoms with Crippen molar-refractivity contribution < 1.29 is 14.3 Å². The number of amides is 1. The van der Waals surface area contributed by atoms with E-state index in [-0.39, 0.29) is 35.1 Å². The first-order valence-corrected chi connectivity index (χ1v) is 9.57. The molecule has 2 aliphatic rings. The fraction of sp³-hybridized carbons (Fsp3) is 0.500. The Balaban J connectivity index is 1.41. The Morgan fingerprint density at radius 1 is 1.15 bits per heavy atom. The lowest BCUT2D eigenvalue weighted by molar-refractivity contribution is -0.135. The molecule has 1 aliphatic heterocycles. The van der Waals surface area contributed by atoms with Crippen molar-refractivity contribution in [2.45, 2.75) is 46.1 Å². The number of likely N-dealkylation sites (tertiary alicyclic amines) is 1. The summed E-state index contributed by atoms with van der Waals surface area (Å²) < 4.78 is 5.29. The standard InChI is InChI=1S/C22H26N2O3/c1-21(2)10-16-11-22(3,13-21)14-24(16)19(25)12-27-20(26)18-9-8-15-6-4-5-7-17(15)23-18/h4-9,16H,10-14H2,1-3H3/t16-,22+/m0/s1. The van der Waals surface area contributed by atoms with Crippen molar-refractivity contribution in [3.8, 4) is 0 Å². The van der Waals surface area contributed by atoms with E-state index in [0.29, 0.717) is 0 Å². The molecule has 2 heterocycles. The van der Waals surface area contributed by atoms with Crippen molar-refractivity contribution in [2.24, 2.45) is 10.8 Å². The van der Waals surface area contributed by atoms with Crippen LogP contribution in [0.1, 0.15) is 50.5 Å². The molecule has 1 saturated heterocycles. The Morgan fingerprint density at radius 3 is 2.74 bits per heavy atom. The quantitative estimate of drug-likeness (QED) is 0.775. The fourth-order valence-corrected chi connectivity index (χ4v) is 5.22. The lowest BCUT2D eigenvalue weighted by Crippen LogP contribution is -2.39. The number of ether oxygens (including phenoxy) is 1. The van der Waals surface area contributed by atoms with Crippen LogP contribution in [-0.4, -0.2) is 41.0 Å². The molecule has 0 N–H and O–H groups in total. The zero-order valence-electron chi connectivity index (χ0n) is 16.2. The highest BCUT2D eigenvalue weighted by Gasteiger charge is 2.50. The maximum atomic E-state index is 12.7. The average molecular weight is 366 g/mol. The maximum Gasteiger partial charge on any atom is 0.357 e. The van der Waals surface area contributed by atoms with Crippen LogP contribution in [0.5, 0.6) is 0 Å². The van der Waals surface area contributed by atoms with Gasteiger partial charge in [0, 0.05) is 18.0 Å². The van der Waals surface area contributed by atoms with Crippen molar-refractivity contribution >= 4 is 22.8 Å². The Labute approximate surface area is 159 Å². The Bertz CT molecular complexity index is 907. The normalized spacial score (nSPS) is 26.2. The van der Waals surface area contributed by atoms with Gasteiger partial charge >= 0.3 is 5.97 Å². The highest BCUT2D eigenvalue weighted by Crippen LogP contribution is 2.52. The number of esters is 1. The predicted molar refractivity (Wildman–Crippen MR) is 103 cm³/mol. The third-order valence-electron chi connectivity index (χ3n) is 5.87. The van der Waals surface area contributed by atoms with Gasteiger partial charge in [-0.25, -0.2) is 9.78 Å². The number of rotatable bonds is 3. The van der Waals surface area contributed by atoms with Crippen molar-refractivity contribution in [2.75, 3.05) is 13.2 Å². The molecule has 4 rings (SSSR count). The monoisotopic (exact) mass is 366 g/mol. The average Bonchev–Trinajstić information content (AvgIpc) is 2.87. The molecule has 2 fully saturated rings. The number of carbonyl (C=O) groups excluding carboxylic acids is 2. The van der Waals surface area contributed by atoms with E-state index in [1.165, 1.54) is 0 Å². The van der Waals surface area contributed by atoms with E-state index in [2.05, 4.69) is 25.8 Å². The number of hydrogen-bond donors (Lipinski definition) is 0. The van der Waals surface area contributed by atoms with Gasteiger partial charge in [-0.1, -0.05) is 45.0 Å². The molecule has 2 aromatic rings. The zero-order chi connectivity index (χ0) is 19.2. The van der Waals surface area contributed by atoms with E-state index in [1.807, 2.05) is 35.2 Å². The third-order valence-corrected chi connectivity index (χ3v) is 5.87. The van der Waals surface area contributed by atoms with Crippen LogP contribution in [0.15, 0.2) is 36.4 Å². The third kappa shape index (κ3) is 3.55. The minimum Gasteiger partial charge on any atom is -0.451 e. The largest absolute Gasteiger partial charge is 0.451 e. The number of fused-ring (bicyclic) bond motifs is 3. The van der Waals surface area contributed by atoms with Gasteiger partial charge in [-0.3, -0.25) is 4.79 Å². The van der Waals surface area contributed by atoms with Crippen molar-refractivity contribution in [1.29, 1.82) is 0 Å². The molecule has 1 aromatic carbocycles. The highest BCUT2D eigenvalue weighted by atomic mass is 16.5. The van der Waals surface area contributed by atoms with Gasteiger partial charge in [-0.05, 0) is 42.2 Å². The summed E-state index contributed by atoms with van der Waals surface area (Å²) in [6.07, 6.45) is 3.18. The lowest BCUT2D eigenvalue weighted by atomic mass is 9.65. The summed E-state index contributed by atoms with van der Waals surface area (Å²) in [6.45, 7) is 7.35. The molecule has 0 unspecified atom stereocenters. The van der Waals surface area contributed by atoms with Gasteiger partial charge in [0.15, 0.2) is 6.61 Å². The van der Waals surface area contributed by atoms with Crippen LogP contribution in [-0.2, 0) is 9.53 Å². The predicted octanol–water partition coefficient (Wildman–Crippen LogP) is 3.82. The molecule has 5 heteroatoms. The highest BCUT2D eigenvalue weighted by molar-refractivity contribution is 5.92. The van der Waals surface area contributed by atoms with Gasteiger partial charge in [-0.2, -0.15) is 0 Å². The molecular formula is C22H26N2O3. The topological polar surface area (TPSA) is 59.5 Å². The van der Waals surface area contributed by atoms with Gasteiger partial charge in [0.05, 0.1) is 5.52 Å². The van der Waals surface area contributed by atoms with Crippen LogP contribution in [0.3, 0.4) is 0 Å². The summed E-state index contributed by atoms with van der Waals surface area (Å²) in [6, 6.07) is 11.3. The van der Waals surface area contributed by atoms with Gasteiger partial charge < -0.3 is 9.64 Å². The van der Waals surface area contributed by atoms with E-state index >= 15 is 0 Å².